The highest BCUT2D eigenvalue weighted by Gasteiger charge is 2.24. The standard InChI is InChI=1S/C22H25Cl3N2O2/c1-2-3-4-12-29-21-19(24)13-16(14-20(21)25)22(28)27-10-8-26(9-11-27)18-7-5-6-17(23)15-18/h5-7,13-15H,2-4,8-12H2,1H3. The number of nitrogens with zero attached hydrogens (tertiary/aromatic N) is 2. The van der Waals surface area contributed by atoms with E-state index in [9.17, 15) is 4.79 Å². The maximum Gasteiger partial charge on any atom is 0.254 e. The Labute approximate surface area is 187 Å². The number of anilines is 1. The van der Waals surface area contributed by atoms with Gasteiger partial charge in [0.25, 0.3) is 5.91 Å². The maximum atomic E-state index is 12.9. The fraction of sp³-hybridized carbons (Fsp3) is 0.409. The molecule has 3 rings (SSSR count). The lowest BCUT2D eigenvalue weighted by molar-refractivity contribution is 0.0746. The third-order valence-corrected chi connectivity index (χ3v) is 5.78. The van der Waals surface area contributed by atoms with Gasteiger partial charge in [-0.2, -0.15) is 0 Å². The molecule has 0 unspecified atom stereocenters. The van der Waals surface area contributed by atoms with E-state index in [-0.39, 0.29) is 5.91 Å². The summed E-state index contributed by atoms with van der Waals surface area (Å²) in [5.74, 6) is 0.379. The largest absolute Gasteiger partial charge is 0.490 e. The molecule has 1 amide bonds. The van der Waals surface area contributed by atoms with Crippen LogP contribution in [0.1, 0.15) is 36.5 Å². The molecule has 0 spiro atoms. The third kappa shape index (κ3) is 5.71. The number of halogens is 3. The summed E-state index contributed by atoms with van der Waals surface area (Å²) in [6.07, 6.45) is 3.15. The molecule has 4 nitrogen and oxygen atoms in total. The first-order valence-corrected chi connectivity index (χ1v) is 11.0. The Hall–Kier alpha value is -1.62. The second-order valence-corrected chi connectivity index (χ2v) is 8.33. The summed E-state index contributed by atoms with van der Waals surface area (Å²) in [6, 6.07) is 11.1. The number of ether oxygens (including phenoxy) is 1. The molecular formula is C22H25Cl3N2O2. The average Bonchev–Trinajstić information content (AvgIpc) is 2.72. The van der Waals surface area contributed by atoms with E-state index in [0.717, 1.165) is 38.0 Å². The Balaban J connectivity index is 1.62. The molecule has 1 aliphatic heterocycles. The molecule has 0 bridgehead atoms. The lowest BCUT2D eigenvalue weighted by atomic mass is 10.1. The zero-order valence-electron chi connectivity index (χ0n) is 16.5. The molecule has 156 valence electrons. The second kappa shape index (κ2) is 10.4. The zero-order chi connectivity index (χ0) is 20.8. The number of rotatable bonds is 7. The van der Waals surface area contributed by atoms with Gasteiger partial charge in [0.15, 0.2) is 5.75 Å². The number of carbonyl (C=O) groups excluding carboxylic acids is 1. The topological polar surface area (TPSA) is 32.8 Å². The number of carbonyl (C=O) groups is 1. The molecule has 0 atom stereocenters. The van der Waals surface area contributed by atoms with Crippen molar-refractivity contribution in [2.45, 2.75) is 26.2 Å². The van der Waals surface area contributed by atoms with Crippen molar-refractivity contribution in [1.29, 1.82) is 0 Å². The van der Waals surface area contributed by atoms with Crippen LogP contribution in [0, 0.1) is 0 Å². The van der Waals surface area contributed by atoms with E-state index >= 15 is 0 Å². The molecule has 1 fully saturated rings. The summed E-state index contributed by atoms with van der Waals surface area (Å²) < 4.78 is 5.72. The summed E-state index contributed by atoms with van der Waals surface area (Å²) in [5, 5.41) is 1.45. The van der Waals surface area contributed by atoms with Crippen LogP contribution in [0.4, 0.5) is 5.69 Å². The predicted octanol–water partition coefficient (Wildman–Crippen LogP) is 6.18. The van der Waals surface area contributed by atoms with Crippen LogP contribution in [-0.4, -0.2) is 43.6 Å². The fourth-order valence-corrected chi connectivity index (χ4v) is 4.15. The number of hydrogen-bond donors (Lipinski definition) is 0. The van der Waals surface area contributed by atoms with Crippen LogP contribution in [0.3, 0.4) is 0 Å². The molecular weight excluding hydrogens is 431 g/mol. The van der Waals surface area contributed by atoms with Crippen LogP contribution in [0.15, 0.2) is 36.4 Å². The minimum Gasteiger partial charge on any atom is -0.490 e. The molecule has 0 N–H and O–H groups in total. The van der Waals surface area contributed by atoms with Crippen molar-refractivity contribution in [1.82, 2.24) is 4.90 Å². The molecule has 7 heteroatoms. The Morgan fingerprint density at radius 2 is 1.69 bits per heavy atom. The molecule has 2 aromatic carbocycles. The van der Waals surface area contributed by atoms with Crippen molar-refractivity contribution in [3.8, 4) is 5.75 Å². The van der Waals surface area contributed by atoms with E-state index in [4.69, 9.17) is 39.5 Å². The lowest BCUT2D eigenvalue weighted by Gasteiger charge is -2.36. The van der Waals surface area contributed by atoms with Gasteiger partial charge in [-0.25, -0.2) is 0 Å². The minimum atomic E-state index is -0.0722. The smallest absolute Gasteiger partial charge is 0.254 e. The lowest BCUT2D eigenvalue weighted by Crippen LogP contribution is -2.48. The van der Waals surface area contributed by atoms with Crippen LogP contribution >= 0.6 is 34.8 Å². The van der Waals surface area contributed by atoms with Crippen LogP contribution in [-0.2, 0) is 0 Å². The molecule has 0 radical (unpaired) electrons. The van der Waals surface area contributed by atoms with Gasteiger partial charge < -0.3 is 14.5 Å². The Kier molecular flexibility index (Phi) is 7.93. The molecule has 0 saturated carbocycles. The van der Waals surface area contributed by atoms with Crippen LogP contribution in [0.25, 0.3) is 0 Å². The second-order valence-electron chi connectivity index (χ2n) is 7.08. The Morgan fingerprint density at radius 1 is 1.00 bits per heavy atom. The first-order chi connectivity index (χ1) is 14.0. The first-order valence-electron chi connectivity index (χ1n) is 9.91. The van der Waals surface area contributed by atoms with Crippen LogP contribution in [0.2, 0.25) is 15.1 Å². The van der Waals surface area contributed by atoms with Gasteiger partial charge >= 0.3 is 0 Å². The van der Waals surface area contributed by atoms with Gasteiger partial charge in [-0.15, -0.1) is 0 Å². The molecule has 1 heterocycles. The van der Waals surface area contributed by atoms with Crippen molar-refractivity contribution in [3.63, 3.8) is 0 Å². The van der Waals surface area contributed by atoms with Crippen molar-refractivity contribution >= 4 is 46.4 Å². The van der Waals surface area contributed by atoms with Gasteiger partial charge in [-0.1, -0.05) is 60.6 Å². The van der Waals surface area contributed by atoms with Gasteiger partial charge in [0, 0.05) is 42.5 Å². The van der Waals surface area contributed by atoms with E-state index in [2.05, 4.69) is 11.8 Å². The highest BCUT2D eigenvalue weighted by atomic mass is 35.5. The number of benzene rings is 2. The third-order valence-electron chi connectivity index (χ3n) is 4.98. The minimum absolute atomic E-state index is 0.0722. The molecule has 1 saturated heterocycles. The Morgan fingerprint density at radius 3 is 2.31 bits per heavy atom. The summed E-state index contributed by atoms with van der Waals surface area (Å²) in [6.45, 7) is 5.42. The summed E-state index contributed by atoms with van der Waals surface area (Å²) >= 11 is 18.8. The van der Waals surface area contributed by atoms with E-state index in [0.29, 0.717) is 46.1 Å². The fourth-order valence-electron chi connectivity index (χ4n) is 3.37. The van der Waals surface area contributed by atoms with E-state index in [1.165, 1.54) is 0 Å². The SMILES string of the molecule is CCCCCOc1c(Cl)cc(C(=O)N2CCN(c3cccc(Cl)c3)CC2)cc1Cl. The van der Waals surface area contributed by atoms with Gasteiger partial charge in [-0.05, 0) is 36.8 Å². The van der Waals surface area contributed by atoms with Gasteiger partial charge in [-0.3, -0.25) is 4.79 Å². The van der Waals surface area contributed by atoms with E-state index < -0.39 is 0 Å². The quantitative estimate of drug-likeness (QED) is 0.467. The molecule has 2 aromatic rings. The van der Waals surface area contributed by atoms with E-state index in [1.807, 2.05) is 29.2 Å². The van der Waals surface area contributed by atoms with Crippen LogP contribution in [0.5, 0.6) is 5.75 Å². The summed E-state index contributed by atoms with van der Waals surface area (Å²) in [7, 11) is 0. The maximum absolute atomic E-state index is 12.9. The molecule has 0 aromatic heterocycles. The molecule has 1 aliphatic rings. The normalized spacial score (nSPS) is 14.2. The zero-order valence-corrected chi connectivity index (χ0v) is 18.7. The monoisotopic (exact) mass is 454 g/mol. The highest BCUT2D eigenvalue weighted by molar-refractivity contribution is 6.37. The van der Waals surface area contributed by atoms with Crippen molar-refractivity contribution in [3.05, 3.63) is 57.0 Å². The van der Waals surface area contributed by atoms with Crippen molar-refractivity contribution < 1.29 is 9.53 Å². The Bertz CT molecular complexity index is 829. The predicted molar refractivity (Wildman–Crippen MR) is 121 cm³/mol. The average molecular weight is 456 g/mol. The first kappa shape index (κ1) is 22.1. The molecule has 0 aliphatic carbocycles. The number of unbranched alkanes of at least 4 members (excludes halogenated alkanes) is 2. The van der Waals surface area contributed by atoms with Crippen LogP contribution < -0.4 is 9.64 Å². The summed E-state index contributed by atoms with van der Waals surface area (Å²) in [5.41, 5.74) is 1.55. The number of piperazine rings is 1. The van der Waals surface area contributed by atoms with Gasteiger partial charge in [0.1, 0.15) is 0 Å². The van der Waals surface area contributed by atoms with Crippen molar-refractivity contribution in [2.24, 2.45) is 0 Å². The highest BCUT2D eigenvalue weighted by Crippen LogP contribution is 2.35. The van der Waals surface area contributed by atoms with E-state index in [1.54, 1.807) is 12.1 Å². The van der Waals surface area contributed by atoms with Gasteiger partial charge in [0.05, 0.1) is 16.7 Å². The number of hydrogen-bond acceptors (Lipinski definition) is 3. The summed E-state index contributed by atoms with van der Waals surface area (Å²) in [4.78, 5) is 17.0. The number of amides is 1. The van der Waals surface area contributed by atoms with Gasteiger partial charge in [0.2, 0.25) is 0 Å². The molecule has 29 heavy (non-hydrogen) atoms. The van der Waals surface area contributed by atoms with Crippen molar-refractivity contribution in [2.75, 3.05) is 37.7 Å².